The van der Waals surface area contributed by atoms with Gasteiger partial charge in [0.15, 0.2) is 5.16 Å². The third kappa shape index (κ3) is 4.30. The lowest BCUT2D eigenvalue weighted by atomic mass is 9.95. The second-order valence-corrected chi connectivity index (χ2v) is 6.95. The molecule has 2 heterocycles. The lowest BCUT2D eigenvalue weighted by molar-refractivity contribution is -0.139. The minimum atomic E-state index is -0.575. The van der Waals surface area contributed by atoms with Crippen LogP contribution in [0, 0.1) is 6.92 Å². The first kappa shape index (κ1) is 19.0. The number of aromatic nitrogens is 3. The Morgan fingerprint density at radius 3 is 2.70 bits per heavy atom. The third-order valence-electron chi connectivity index (χ3n) is 4.08. The zero-order valence-corrected chi connectivity index (χ0v) is 16.2. The Morgan fingerprint density at radius 1 is 1.33 bits per heavy atom. The van der Waals surface area contributed by atoms with E-state index in [1.807, 2.05) is 31.2 Å². The van der Waals surface area contributed by atoms with Gasteiger partial charge in [-0.1, -0.05) is 41.6 Å². The van der Waals surface area contributed by atoms with Crippen LogP contribution in [0.25, 0.3) is 0 Å². The molecule has 2 N–H and O–H groups in total. The average Bonchev–Trinajstić information content (AvgIpc) is 3.05. The quantitative estimate of drug-likeness (QED) is 0.582. The summed E-state index contributed by atoms with van der Waals surface area (Å²) in [4.78, 5) is 29.1. The molecule has 9 heteroatoms. The van der Waals surface area contributed by atoms with Crippen LogP contribution in [0.4, 0.5) is 4.79 Å². The molecule has 2 aromatic rings. The van der Waals surface area contributed by atoms with Crippen molar-refractivity contribution in [3.05, 3.63) is 53.0 Å². The summed E-state index contributed by atoms with van der Waals surface area (Å²) in [6.45, 7) is 3.98. The molecule has 0 saturated carbocycles. The van der Waals surface area contributed by atoms with E-state index < -0.39 is 12.0 Å². The fraction of sp³-hybridized carbons (Fsp3) is 0.333. The Balaban J connectivity index is 1.97. The number of carbonyl (C=O) groups excluding carboxylic acids is 2. The van der Waals surface area contributed by atoms with Crippen LogP contribution in [0.5, 0.6) is 0 Å². The standard InChI is InChI=1S/C18H21N5O3S/c1-4-26-16(24)14-13(9-27-18-19-10-20-23(18)3)21-17(25)22-15(14)12-7-5-11(2)6-8-12/h5-8,10,15H,4,9H2,1-3H3,(H2,21,22,25)/t15-/m1/s1. The van der Waals surface area contributed by atoms with E-state index in [-0.39, 0.29) is 12.6 Å². The van der Waals surface area contributed by atoms with Crippen molar-refractivity contribution in [2.75, 3.05) is 12.4 Å². The molecule has 0 saturated heterocycles. The number of nitrogens with zero attached hydrogens (tertiary/aromatic N) is 3. The van der Waals surface area contributed by atoms with Crippen molar-refractivity contribution in [3.8, 4) is 0 Å². The molecular weight excluding hydrogens is 366 g/mol. The van der Waals surface area contributed by atoms with E-state index >= 15 is 0 Å². The minimum Gasteiger partial charge on any atom is -0.463 e. The number of ether oxygens (including phenoxy) is 1. The molecule has 3 rings (SSSR count). The highest BCUT2D eigenvalue weighted by molar-refractivity contribution is 7.99. The summed E-state index contributed by atoms with van der Waals surface area (Å²) in [7, 11) is 1.78. The number of benzene rings is 1. The molecule has 1 atom stereocenters. The summed E-state index contributed by atoms with van der Waals surface area (Å²) in [5.74, 6) is -0.0969. The molecule has 1 aromatic heterocycles. The number of hydrogen-bond acceptors (Lipinski definition) is 6. The van der Waals surface area contributed by atoms with E-state index in [0.29, 0.717) is 22.2 Å². The Labute approximate surface area is 161 Å². The Hall–Kier alpha value is -2.81. The van der Waals surface area contributed by atoms with E-state index in [1.54, 1.807) is 18.7 Å². The minimum absolute atomic E-state index is 0.251. The SMILES string of the molecule is CCOC(=O)C1=C(CSc2ncnn2C)NC(=O)N[C@@H]1c1ccc(C)cc1. The van der Waals surface area contributed by atoms with Crippen LogP contribution < -0.4 is 10.6 Å². The van der Waals surface area contributed by atoms with E-state index in [0.717, 1.165) is 11.1 Å². The van der Waals surface area contributed by atoms with Crippen molar-refractivity contribution >= 4 is 23.8 Å². The molecule has 8 nitrogen and oxygen atoms in total. The first-order valence-corrected chi connectivity index (χ1v) is 9.49. The van der Waals surface area contributed by atoms with Gasteiger partial charge in [-0.25, -0.2) is 19.3 Å². The molecule has 0 spiro atoms. The van der Waals surface area contributed by atoms with Gasteiger partial charge in [0.2, 0.25) is 0 Å². The third-order valence-corrected chi connectivity index (χ3v) is 5.14. The van der Waals surface area contributed by atoms with E-state index in [4.69, 9.17) is 4.74 Å². The molecule has 1 aliphatic heterocycles. The summed E-state index contributed by atoms with van der Waals surface area (Å²) in [5.41, 5.74) is 2.82. The number of carbonyl (C=O) groups is 2. The van der Waals surface area contributed by atoms with Gasteiger partial charge in [-0.2, -0.15) is 5.10 Å². The zero-order valence-electron chi connectivity index (χ0n) is 15.4. The van der Waals surface area contributed by atoms with Crippen molar-refractivity contribution in [2.45, 2.75) is 25.0 Å². The van der Waals surface area contributed by atoms with Crippen molar-refractivity contribution in [1.82, 2.24) is 25.4 Å². The van der Waals surface area contributed by atoms with Gasteiger partial charge in [0, 0.05) is 18.5 Å². The maximum absolute atomic E-state index is 12.7. The molecule has 0 bridgehead atoms. The van der Waals surface area contributed by atoms with E-state index in [9.17, 15) is 9.59 Å². The Kier molecular flexibility index (Phi) is 5.80. The van der Waals surface area contributed by atoms with Crippen LogP contribution in [0.1, 0.15) is 24.1 Å². The largest absolute Gasteiger partial charge is 0.463 e. The summed E-state index contributed by atoms with van der Waals surface area (Å²) in [6.07, 6.45) is 1.46. The van der Waals surface area contributed by atoms with Gasteiger partial charge in [0.1, 0.15) is 6.33 Å². The monoisotopic (exact) mass is 387 g/mol. The van der Waals surface area contributed by atoms with Crippen LogP contribution in [0.15, 0.2) is 47.0 Å². The van der Waals surface area contributed by atoms with E-state index in [1.165, 1.54) is 18.1 Å². The Morgan fingerprint density at radius 2 is 2.07 bits per heavy atom. The summed E-state index contributed by atoms with van der Waals surface area (Å²) >= 11 is 1.38. The number of amides is 2. The lowest BCUT2D eigenvalue weighted by Crippen LogP contribution is -2.46. The maximum Gasteiger partial charge on any atom is 0.338 e. The maximum atomic E-state index is 12.7. The molecule has 1 aromatic carbocycles. The number of esters is 1. The van der Waals surface area contributed by atoms with Gasteiger partial charge >= 0.3 is 12.0 Å². The lowest BCUT2D eigenvalue weighted by Gasteiger charge is -2.29. The number of thioether (sulfide) groups is 1. The normalized spacial score (nSPS) is 16.7. The van der Waals surface area contributed by atoms with Crippen LogP contribution in [0.2, 0.25) is 0 Å². The summed E-state index contributed by atoms with van der Waals surface area (Å²) in [5, 5.41) is 10.3. The smallest absolute Gasteiger partial charge is 0.338 e. The molecular formula is C18H21N5O3S. The second kappa shape index (κ2) is 8.26. The van der Waals surface area contributed by atoms with Gasteiger partial charge < -0.3 is 15.4 Å². The fourth-order valence-corrected chi connectivity index (χ4v) is 3.60. The van der Waals surface area contributed by atoms with Crippen LogP contribution >= 0.6 is 11.8 Å². The number of urea groups is 1. The molecule has 27 heavy (non-hydrogen) atoms. The second-order valence-electron chi connectivity index (χ2n) is 6.01. The van der Waals surface area contributed by atoms with Crippen molar-refractivity contribution in [1.29, 1.82) is 0 Å². The van der Waals surface area contributed by atoms with Crippen molar-refractivity contribution in [3.63, 3.8) is 0 Å². The fourth-order valence-electron chi connectivity index (χ4n) is 2.74. The first-order valence-electron chi connectivity index (χ1n) is 8.50. The number of hydrogen-bond donors (Lipinski definition) is 2. The molecule has 142 valence electrons. The highest BCUT2D eigenvalue weighted by Gasteiger charge is 2.33. The molecule has 0 aliphatic carbocycles. The Bertz CT molecular complexity index is 875. The van der Waals surface area contributed by atoms with Gasteiger partial charge in [-0.05, 0) is 19.4 Å². The van der Waals surface area contributed by atoms with Crippen LogP contribution in [-0.2, 0) is 16.6 Å². The molecule has 2 amide bonds. The van der Waals surface area contributed by atoms with Gasteiger partial charge in [-0.3, -0.25) is 0 Å². The number of aryl methyl sites for hydroxylation is 2. The zero-order chi connectivity index (χ0) is 19.4. The topological polar surface area (TPSA) is 98.1 Å². The van der Waals surface area contributed by atoms with Crippen LogP contribution in [-0.4, -0.2) is 39.1 Å². The predicted octanol–water partition coefficient (Wildman–Crippen LogP) is 2.09. The first-order chi connectivity index (χ1) is 13.0. The summed E-state index contributed by atoms with van der Waals surface area (Å²) < 4.78 is 6.89. The highest BCUT2D eigenvalue weighted by atomic mass is 32.2. The number of nitrogens with one attached hydrogen (secondary N) is 2. The average molecular weight is 387 g/mol. The highest BCUT2D eigenvalue weighted by Crippen LogP contribution is 2.30. The number of rotatable bonds is 6. The predicted molar refractivity (Wildman–Crippen MR) is 101 cm³/mol. The van der Waals surface area contributed by atoms with Gasteiger partial charge in [0.25, 0.3) is 0 Å². The molecule has 1 aliphatic rings. The van der Waals surface area contributed by atoms with Gasteiger partial charge in [0.05, 0.1) is 18.2 Å². The van der Waals surface area contributed by atoms with Crippen LogP contribution in [0.3, 0.4) is 0 Å². The summed E-state index contributed by atoms with van der Waals surface area (Å²) in [6, 6.07) is 6.76. The van der Waals surface area contributed by atoms with Crippen molar-refractivity contribution < 1.29 is 14.3 Å². The van der Waals surface area contributed by atoms with Gasteiger partial charge in [-0.15, -0.1) is 0 Å². The van der Waals surface area contributed by atoms with Crippen molar-refractivity contribution in [2.24, 2.45) is 7.05 Å². The molecule has 0 fully saturated rings. The van der Waals surface area contributed by atoms with E-state index in [2.05, 4.69) is 20.7 Å². The molecule has 0 radical (unpaired) electrons. The molecule has 0 unspecified atom stereocenters.